The highest BCUT2D eigenvalue weighted by molar-refractivity contribution is 6.12. The van der Waals surface area contributed by atoms with E-state index < -0.39 is 24.3 Å². The molecule has 0 saturated carbocycles. The molecule has 0 atom stereocenters. The Bertz CT molecular complexity index is 409. The van der Waals surface area contributed by atoms with Gasteiger partial charge in [0.05, 0.1) is 26.2 Å². The van der Waals surface area contributed by atoms with Crippen molar-refractivity contribution in [3.8, 4) is 0 Å². The second kappa shape index (κ2) is 19.7. The number of hydrogen-bond acceptors (Lipinski definition) is 6. The highest BCUT2D eigenvalue weighted by Crippen LogP contribution is 2.15. The number of unbranched alkanes of at least 4 members (excludes halogenated alkanes) is 9. The number of ether oxygens (including phenoxy) is 3. The van der Waals surface area contributed by atoms with E-state index in [0.29, 0.717) is 6.61 Å². The van der Waals surface area contributed by atoms with Gasteiger partial charge in [0.15, 0.2) is 0 Å². The largest absolute Gasteiger partial charge is 0.466 e. The second-order valence-electron chi connectivity index (χ2n) is 7.33. The minimum Gasteiger partial charge on any atom is -0.466 e. The SMILES string of the molecule is CCCCCCOC(=O)C[C](C(=O)OCCCCCC)C(=O)OCCCCCC. The molecule has 0 bridgehead atoms. The smallest absolute Gasteiger partial charge is 0.325 e. The molecule has 6 nitrogen and oxygen atoms in total. The van der Waals surface area contributed by atoms with Crippen molar-refractivity contribution in [2.24, 2.45) is 0 Å². The second-order valence-corrected chi connectivity index (χ2v) is 7.33. The van der Waals surface area contributed by atoms with Gasteiger partial charge in [-0.15, -0.1) is 0 Å². The number of esters is 3. The minimum atomic E-state index is -0.775. The Balaban J connectivity index is 4.50. The fourth-order valence-corrected chi connectivity index (χ4v) is 2.70. The van der Waals surface area contributed by atoms with Crippen LogP contribution in [-0.4, -0.2) is 37.7 Å². The van der Waals surface area contributed by atoms with Crippen molar-refractivity contribution in [1.82, 2.24) is 0 Å². The van der Waals surface area contributed by atoms with Crippen LogP contribution in [-0.2, 0) is 28.6 Å². The van der Waals surface area contributed by atoms with E-state index in [1.807, 2.05) is 0 Å². The molecule has 29 heavy (non-hydrogen) atoms. The summed E-state index contributed by atoms with van der Waals surface area (Å²) in [4.78, 5) is 36.7. The van der Waals surface area contributed by atoms with Crippen molar-refractivity contribution >= 4 is 17.9 Å². The molecular formula is C23H41O6. The topological polar surface area (TPSA) is 78.9 Å². The maximum atomic E-state index is 12.3. The van der Waals surface area contributed by atoms with Crippen LogP contribution < -0.4 is 0 Å². The molecule has 1 radical (unpaired) electrons. The van der Waals surface area contributed by atoms with Gasteiger partial charge in [0.25, 0.3) is 0 Å². The maximum Gasteiger partial charge on any atom is 0.325 e. The summed E-state index contributed by atoms with van der Waals surface area (Å²) in [6.07, 6.45) is 11.2. The normalized spacial score (nSPS) is 10.8. The predicted octanol–water partition coefficient (Wildman–Crippen LogP) is 5.32. The highest BCUT2D eigenvalue weighted by Gasteiger charge is 2.34. The average molecular weight is 414 g/mol. The van der Waals surface area contributed by atoms with Gasteiger partial charge in [0, 0.05) is 0 Å². The molecule has 0 fully saturated rings. The highest BCUT2D eigenvalue weighted by atomic mass is 16.6. The average Bonchev–Trinajstić information content (AvgIpc) is 2.71. The first kappa shape index (κ1) is 27.4. The van der Waals surface area contributed by atoms with Gasteiger partial charge in [-0.2, -0.15) is 0 Å². The van der Waals surface area contributed by atoms with Gasteiger partial charge in [-0.1, -0.05) is 78.6 Å². The quantitative estimate of drug-likeness (QED) is 0.123. The molecule has 0 aromatic rings. The summed E-state index contributed by atoms with van der Waals surface area (Å²) < 4.78 is 15.5. The first-order valence-corrected chi connectivity index (χ1v) is 11.4. The first-order chi connectivity index (χ1) is 14.1. The van der Waals surface area contributed by atoms with Crippen molar-refractivity contribution in [2.75, 3.05) is 19.8 Å². The zero-order chi connectivity index (χ0) is 21.7. The van der Waals surface area contributed by atoms with Crippen LogP contribution in [0, 0.1) is 5.92 Å². The lowest BCUT2D eigenvalue weighted by molar-refractivity contribution is -0.156. The monoisotopic (exact) mass is 413 g/mol. The van der Waals surface area contributed by atoms with Crippen LogP contribution in [0.5, 0.6) is 0 Å². The zero-order valence-corrected chi connectivity index (χ0v) is 18.8. The Hall–Kier alpha value is -1.59. The third-order valence-electron chi connectivity index (χ3n) is 4.54. The molecular weight excluding hydrogens is 372 g/mol. The van der Waals surface area contributed by atoms with Crippen molar-refractivity contribution in [2.45, 2.75) is 104 Å². The first-order valence-electron chi connectivity index (χ1n) is 11.4. The number of hydrogen-bond donors (Lipinski definition) is 0. The van der Waals surface area contributed by atoms with E-state index in [4.69, 9.17) is 14.2 Å². The van der Waals surface area contributed by atoms with Crippen LogP contribution >= 0.6 is 0 Å². The molecule has 0 aromatic heterocycles. The van der Waals surface area contributed by atoms with E-state index in [0.717, 1.165) is 77.0 Å². The van der Waals surface area contributed by atoms with Crippen LogP contribution in [0.3, 0.4) is 0 Å². The Morgan fingerprint density at radius 3 is 1.28 bits per heavy atom. The summed E-state index contributed by atoms with van der Waals surface area (Å²) in [5.74, 6) is -2.41. The van der Waals surface area contributed by atoms with Crippen molar-refractivity contribution in [1.29, 1.82) is 0 Å². The Labute approximate surface area is 177 Å². The van der Waals surface area contributed by atoms with E-state index in [9.17, 15) is 14.4 Å². The van der Waals surface area contributed by atoms with E-state index >= 15 is 0 Å². The molecule has 0 rings (SSSR count). The van der Waals surface area contributed by atoms with Gasteiger partial charge >= 0.3 is 17.9 Å². The third-order valence-corrected chi connectivity index (χ3v) is 4.54. The van der Waals surface area contributed by atoms with Gasteiger partial charge < -0.3 is 14.2 Å². The van der Waals surface area contributed by atoms with Crippen molar-refractivity contribution in [3.05, 3.63) is 5.92 Å². The molecule has 0 aliphatic rings. The van der Waals surface area contributed by atoms with E-state index in [2.05, 4.69) is 20.8 Å². The minimum absolute atomic E-state index is 0.234. The molecule has 0 amide bonds. The van der Waals surface area contributed by atoms with Crippen molar-refractivity contribution in [3.63, 3.8) is 0 Å². The molecule has 0 heterocycles. The van der Waals surface area contributed by atoms with E-state index in [1.165, 1.54) is 0 Å². The molecule has 0 spiro atoms. The third kappa shape index (κ3) is 16.0. The summed E-state index contributed by atoms with van der Waals surface area (Å²) in [5, 5.41) is 0. The lowest BCUT2D eigenvalue weighted by Crippen LogP contribution is -2.29. The predicted molar refractivity (Wildman–Crippen MR) is 113 cm³/mol. The molecule has 169 valence electrons. The van der Waals surface area contributed by atoms with Crippen molar-refractivity contribution < 1.29 is 28.6 Å². The maximum absolute atomic E-state index is 12.3. The summed E-state index contributed by atoms with van der Waals surface area (Å²) in [7, 11) is 0. The summed E-state index contributed by atoms with van der Waals surface area (Å²) >= 11 is 0. The molecule has 0 N–H and O–H groups in total. The van der Waals surface area contributed by atoms with Crippen LogP contribution in [0.25, 0.3) is 0 Å². The summed E-state index contributed by atoms with van der Waals surface area (Å²) in [5.41, 5.74) is 0. The molecule has 0 aromatic carbocycles. The Kier molecular flexibility index (Phi) is 18.6. The standard InChI is InChI=1S/C23H41O6/c1-4-7-10-13-16-27-21(24)19-20(22(25)28-17-14-11-8-5-2)23(26)29-18-15-12-9-6-3/h4-19H2,1-3H3. The zero-order valence-electron chi connectivity index (χ0n) is 18.8. The Morgan fingerprint density at radius 2 is 0.897 bits per heavy atom. The number of carbonyl (C=O) groups is 3. The lowest BCUT2D eigenvalue weighted by Gasteiger charge is -2.14. The lowest BCUT2D eigenvalue weighted by atomic mass is 10.1. The van der Waals surface area contributed by atoms with Gasteiger partial charge in [-0.25, -0.2) is 0 Å². The van der Waals surface area contributed by atoms with Gasteiger partial charge in [0.1, 0.15) is 0 Å². The van der Waals surface area contributed by atoms with E-state index in [1.54, 1.807) is 0 Å². The van der Waals surface area contributed by atoms with Crippen LogP contribution in [0.2, 0.25) is 0 Å². The fourth-order valence-electron chi connectivity index (χ4n) is 2.70. The van der Waals surface area contributed by atoms with Gasteiger partial charge in [-0.05, 0) is 19.3 Å². The van der Waals surface area contributed by atoms with Gasteiger partial charge in [0.2, 0.25) is 5.92 Å². The number of carbonyl (C=O) groups excluding carboxylic acids is 3. The molecule has 0 saturated heterocycles. The van der Waals surface area contributed by atoms with Crippen LogP contribution in [0.15, 0.2) is 0 Å². The summed E-state index contributed by atoms with van der Waals surface area (Å²) in [6.45, 7) is 7.07. The van der Waals surface area contributed by atoms with Gasteiger partial charge in [-0.3, -0.25) is 14.4 Å². The molecule has 0 aliphatic heterocycles. The van der Waals surface area contributed by atoms with Crippen LogP contribution in [0.4, 0.5) is 0 Å². The van der Waals surface area contributed by atoms with E-state index in [-0.39, 0.29) is 19.1 Å². The van der Waals surface area contributed by atoms with Crippen LogP contribution in [0.1, 0.15) is 104 Å². The molecule has 6 heteroatoms. The molecule has 0 aliphatic carbocycles. The Morgan fingerprint density at radius 1 is 0.517 bits per heavy atom. The summed E-state index contributed by atoms with van der Waals surface area (Å²) in [6, 6.07) is 0. The fraction of sp³-hybridized carbons (Fsp3) is 0.826. The molecule has 0 unspecified atom stereocenters. The number of rotatable bonds is 19.